The Morgan fingerprint density at radius 1 is 1.08 bits per heavy atom. The molecule has 2 N–H and O–H groups in total. The van der Waals surface area contributed by atoms with E-state index >= 15 is 0 Å². The SMILES string of the molecule is CC[C@@]1(O)C(=O)OCc2c1cc1n(c2=O)Cc2c-1nc1ccccc1c2/C=N/OCCN(CCCCNC(=O)OC(C)(C)C)C(=O)OC(C)(C)C. The summed E-state index contributed by atoms with van der Waals surface area (Å²) in [4.78, 5) is 63.3. The molecule has 1 atom stereocenters. The quantitative estimate of drug-likeness (QED) is 0.0714. The number of cyclic esters (lactones) is 1. The zero-order valence-corrected chi connectivity index (χ0v) is 30.3. The average Bonchev–Trinajstić information content (AvgIpc) is 3.42. The van der Waals surface area contributed by atoms with Gasteiger partial charge in [-0.1, -0.05) is 30.3 Å². The zero-order valence-electron chi connectivity index (χ0n) is 30.3. The third kappa shape index (κ3) is 8.33. The second kappa shape index (κ2) is 14.7. The van der Waals surface area contributed by atoms with Crippen LogP contribution in [0.4, 0.5) is 9.59 Å². The summed E-state index contributed by atoms with van der Waals surface area (Å²) in [5.74, 6) is -0.781. The zero-order chi connectivity index (χ0) is 37.1. The first-order valence-corrected chi connectivity index (χ1v) is 17.2. The van der Waals surface area contributed by atoms with Crippen molar-refractivity contribution < 1.29 is 38.5 Å². The Labute approximate surface area is 296 Å². The molecule has 4 heterocycles. The minimum absolute atomic E-state index is 0.0473. The summed E-state index contributed by atoms with van der Waals surface area (Å²) in [7, 11) is 0. The normalized spacial score (nSPS) is 16.7. The third-order valence-electron chi connectivity index (χ3n) is 8.52. The molecule has 51 heavy (non-hydrogen) atoms. The Morgan fingerprint density at radius 2 is 1.80 bits per heavy atom. The van der Waals surface area contributed by atoms with Crippen LogP contribution >= 0.6 is 0 Å². The molecule has 0 aliphatic carbocycles. The molecule has 0 unspecified atom stereocenters. The highest BCUT2D eigenvalue weighted by atomic mass is 16.6. The summed E-state index contributed by atoms with van der Waals surface area (Å²) in [5, 5.41) is 19.0. The molecule has 0 bridgehead atoms. The maximum absolute atomic E-state index is 13.7. The van der Waals surface area contributed by atoms with Gasteiger partial charge in [0.1, 0.15) is 24.4 Å². The molecular formula is C37H47N5O9. The Kier molecular flexibility index (Phi) is 10.7. The van der Waals surface area contributed by atoms with E-state index in [0.717, 1.165) is 10.9 Å². The number of fused-ring (bicyclic) bond motifs is 5. The predicted octanol–water partition coefficient (Wildman–Crippen LogP) is 4.97. The van der Waals surface area contributed by atoms with E-state index in [1.165, 1.54) is 0 Å². The second-order valence-corrected chi connectivity index (χ2v) is 14.6. The van der Waals surface area contributed by atoms with Gasteiger partial charge in [0.05, 0.1) is 41.8 Å². The van der Waals surface area contributed by atoms with Crippen molar-refractivity contribution in [2.75, 3.05) is 26.2 Å². The number of hydrogen-bond donors (Lipinski definition) is 2. The number of pyridine rings is 2. The van der Waals surface area contributed by atoms with Crippen molar-refractivity contribution in [3.05, 3.63) is 62.9 Å². The van der Waals surface area contributed by atoms with Crippen molar-refractivity contribution in [1.29, 1.82) is 0 Å². The molecule has 2 aliphatic heterocycles. The average molecular weight is 706 g/mol. The van der Waals surface area contributed by atoms with Gasteiger partial charge in [0.2, 0.25) is 0 Å². The van der Waals surface area contributed by atoms with Gasteiger partial charge in [-0.3, -0.25) is 4.79 Å². The highest BCUT2D eigenvalue weighted by Gasteiger charge is 2.45. The number of hydrogen-bond acceptors (Lipinski definition) is 11. The molecule has 2 aromatic heterocycles. The van der Waals surface area contributed by atoms with Gasteiger partial charge in [-0.15, -0.1) is 0 Å². The number of nitrogens with zero attached hydrogens (tertiary/aromatic N) is 4. The van der Waals surface area contributed by atoms with Gasteiger partial charge in [0.25, 0.3) is 5.56 Å². The van der Waals surface area contributed by atoms with Gasteiger partial charge in [-0.25, -0.2) is 19.4 Å². The van der Waals surface area contributed by atoms with Crippen LogP contribution in [0.25, 0.3) is 22.3 Å². The fourth-order valence-electron chi connectivity index (χ4n) is 6.05. The summed E-state index contributed by atoms with van der Waals surface area (Å²) >= 11 is 0. The second-order valence-electron chi connectivity index (χ2n) is 14.6. The number of ether oxygens (including phenoxy) is 3. The summed E-state index contributed by atoms with van der Waals surface area (Å²) in [6.07, 6.45) is 1.87. The molecule has 0 radical (unpaired) electrons. The van der Waals surface area contributed by atoms with Crippen LogP contribution in [0.15, 0.2) is 40.3 Å². The molecule has 274 valence electrons. The van der Waals surface area contributed by atoms with E-state index in [1.807, 2.05) is 24.3 Å². The van der Waals surface area contributed by atoms with Crippen LogP contribution < -0.4 is 10.9 Å². The summed E-state index contributed by atoms with van der Waals surface area (Å²) in [6, 6.07) is 9.18. The summed E-state index contributed by atoms with van der Waals surface area (Å²) in [6.45, 7) is 13.5. The number of aromatic nitrogens is 2. The van der Waals surface area contributed by atoms with E-state index in [1.54, 1.807) is 70.2 Å². The number of nitrogens with one attached hydrogen (secondary N) is 1. The minimum atomic E-state index is -1.93. The van der Waals surface area contributed by atoms with E-state index < -0.39 is 35.0 Å². The van der Waals surface area contributed by atoms with Crippen LogP contribution in [-0.4, -0.2) is 81.4 Å². The first kappa shape index (κ1) is 37.3. The molecule has 14 nitrogen and oxygen atoms in total. The summed E-state index contributed by atoms with van der Waals surface area (Å²) in [5.41, 5.74) is 0.0753. The lowest BCUT2D eigenvalue weighted by Crippen LogP contribution is -2.44. The largest absolute Gasteiger partial charge is 0.458 e. The van der Waals surface area contributed by atoms with Crippen LogP contribution in [0.2, 0.25) is 0 Å². The fraction of sp³-hybridized carbons (Fsp3) is 0.514. The molecule has 14 heteroatoms. The Hall–Kier alpha value is -4.98. The number of esters is 1. The Bertz CT molecular complexity index is 1910. The number of carbonyl (C=O) groups excluding carboxylic acids is 3. The molecule has 5 rings (SSSR count). The van der Waals surface area contributed by atoms with Crippen molar-refractivity contribution in [1.82, 2.24) is 19.8 Å². The van der Waals surface area contributed by atoms with Crippen LogP contribution in [0.5, 0.6) is 0 Å². The van der Waals surface area contributed by atoms with Crippen molar-refractivity contribution in [2.24, 2.45) is 5.16 Å². The topological polar surface area (TPSA) is 171 Å². The van der Waals surface area contributed by atoms with Crippen molar-refractivity contribution in [2.45, 2.75) is 97.7 Å². The third-order valence-corrected chi connectivity index (χ3v) is 8.52. The number of para-hydroxylation sites is 1. The molecule has 2 aliphatic rings. The van der Waals surface area contributed by atoms with E-state index in [-0.39, 0.29) is 49.4 Å². The van der Waals surface area contributed by atoms with Gasteiger partial charge in [0.15, 0.2) is 5.60 Å². The smallest absolute Gasteiger partial charge is 0.410 e. The molecule has 1 aromatic carbocycles. The van der Waals surface area contributed by atoms with Crippen molar-refractivity contribution in [3.8, 4) is 11.4 Å². The van der Waals surface area contributed by atoms with Gasteiger partial charge >= 0.3 is 18.2 Å². The monoisotopic (exact) mass is 705 g/mol. The number of unbranched alkanes of at least 4 members (excludes halogenated alkanes) is 1. The predicted molar refractivity (Wildman–Crippen MR) is 189 cm³/mol. The number of rotatable bonds is 11. The van der Waals surface area contributed by atoms with Crippen molar-refractivity contribution >= 4 is 35.3 Å². The molecule has 2 amide bonds. The number of amides is 2. The number of alkyl carbamates (subject to hydrolysis) is 1. The van der Waals surface area contributed by atoms with Gasteiger partial charge in [-0.05, 0) is 72.9 Å². The van der Waals surface area contributed by atoms with Gasteiger partial charge < -0.3 is 38.9 Å². The first-order chi connectivity index (χ1) is 24.0. The van der Waals surface area contributed by atoms with Crippen LogP contribution in [0.1, 0.15) is 90.0 Å². The van der Waals surface area contributed by atoms with Crippen LogP contribution in [-0.2, 0) is 42.6 Å². The molecule has 0 fully saturated rings. The highest BCUT2D eigenvalue weighted by Crippen LogP contribution is 2.39. The molecule has 3 aromatic rings. The number of aliphatic hydroxyl groups is 1. The van der Waals surface area contributed by atoms with Gasteiger partial charge in [0, 0.05) is 35.2 Å². The van der Waals surface area contributed by atoms with E-state index in [0.29, 0.717) is 48.4 Å². The molecule has 0 spiro atoms. The van der Waals surface area contributed by atoms with E-state index in [9.17, 15) is 24.3 Å². The number of carbonyl (C=O) groups is 3. The van der Waals surface area contributed by atoms with E-state index in [2.05, 4.69) is 10.5 Å². The number of oxime groups is 1. The maximum atomic E-state index is 13.7. The Morgan fingerprint density at radius 3 is 2.51 bits per heavy atom. The highest BCUT2D eigenvalue weighted by molar-refractivity contribution is 6.02. The minimum Gasteiger partial charge on any atom is -0.458 e. The van der Waals surface area contributed by atoms with Crippen LogP contribution in [0.3, 0.4) is 0 Å². The van der Waals surface area contributed by atoms with Gasteiger partial charge in [-0.2, -0.15) is 0 Å². The molecule has 0 saturated heterocycles. The van der Waals surface area contributed by atoms with Crippen molar-refractivity contribution in [3.63, 3.8) is 0 Å². The Balaban J connectivity index is 1.31. The lowest BCUT2D eigenvalue weighted by Gasteiger charge is -2.31. The number of benzene rings is 1. The maximum Gasteiger partial charge on any atom is 0.410 e. The lowest BCUT2D eigenvalue weighted by molar-refractivity contribution is -0.172. The first-order valence-electron chi connectivity index (χ1n) is 17.2. The summed E-state index contributed by atoms with van der Waals surface area (Å²) < 4.78 is 17.6. The standard InChI is InChI=1S/C37H47N5O9/c1-8-37(47)27-19-29-30-25(21-42(29)31(43)26(27)22-48-32(37)44)24(23-13-9-10-14-28(23)40-30)20-39-49-18-17-41(34(46)51-36(5,6)7)16-12-11-15-38-33(45)50-35(2,3)4/h9-10,13-14,19-20,47H,8,11-12,15-18,21-22H2,1-7H3,(H,38,45)/b39-20+/t37-/m0/s1. The van der Waals surface area contributed by atoms with Crippen LogP contribution in [0, 0.1) is 0 Å². The lowest BCUT2D eigenvalue weighted by atomic mass is 9.86. The molecular weight excluding hydrogens is 658 g/mol. The van der Waals surface area contributed by atoms with E-state index in [4.69, 9.17) is 24.0 Å². The fourth-order valence-corrected chi connectivity index (χ4v) is 6.05. The molecule has 0 saturated carbocycles.